The predicted octanol–water partition coefficient (Wildman–Crippen LogP) is 1.55. The van der Waals surface area contributed by atoms with Crippen LogP contribution >= 0.6 is 31.9 Å². The van der Waals surface area contributed by atoms with Crippen LogP contribution in [0.25, 0.3) is 0 Å². The third-order valence-corrected chi connectivity index (χ3v) is 1.88. The fourth-order valence-electron chi connectivity index (χ4n) is 0.572. The number of halogens is 2. The molecule has 12 heavy (non-hydrogen) atoms. The molecule has 1 heterocycles. The van der Waals surface area contributed by atoms with Gasteiger partial charge in [-0.05, 0) is 37.9 Å². The van der Waals surface area contributed by atoms with Crippen molar-refractivity contribution in [2.45, 2.75) is 0 Å². The molecule has 0 amide bonds. The molecule has 0 aliphatic rings. The number of hydrogen-bond donors (Lipinski definition) is 0. The van der Waals surface area contributed by atoms with Crippen molar-refractivity contribution in [2.75, 3.05) is 0 Å². The molecular weight excluding hydrogens is 292 g/mol. The first-order valence-electron chi connectivity index (χ1n) is 2.83. The molecule has 0 spiro atoms. The zero-order valence-electron chi connectivity index (χ0n) is 5.62. The van der Waals surface area contributed by atoms with Crippen LogP contribution in [0.5, 0.6) is 0 Å². The maximum atomic E-state index is 10.7. The van der Waals surface area contributed by atoms with Crippen LogP contribution in [0, 0.1) is 0 Å². The van der Waals surface area contributed by atoms with Gasteiger partial charge in [-0.15, -0.1) is 0 Å². The molecule has 1 rings (SSSR count). The van der Waals surface area contributed by atoms with Crippen LogP contribution in [0.3, 0.4) is 0 Å². The van der Waals surface area contributed by atoms with Crippen LogP contribution in [0.4, 0.5) is 0 Å². The van der Waals surface area contributed by atoms with Crippen LogP contribution in [0.2, 0.25) is 0 Å². The lowest BCUT2D eigenvalue weighted by Gasteiger charge is -1.93. The van der Waals surface area contributed by atoms with Gasteiger partial charge in [0.05, 0.1) is 0 Å². The van der Waals surface area contributed by atoms with Gasteiger partial charge in [0.1, 0.15) is 17.7 Å². The van der Waals surface area contributed by atoms with Crippen molar-refractivity contribution in [1.82, 2.24) is 9.97 Å². The topological polar surface area (TPSA) is 59.9 Å². The van der Waals surface area contributed by atoms with E-state index in [0.29, 0.717) is 0 Å². The van der Waals surface area contributed by atoms with Gasteiger partial charge in [-0.2, -0.15) is 0 Å². The molecule has 0 atom stereocenters. The standard InChI is InChI=1S/C6H2Br2N2O2/c7-5(11)3-1-4(6(8)12)10-2-9-3/h1-2H. The minimum Gasteiger partial charge on any atom is -0.279 e. The van der Waals surface area contributed by atoms with Crippen LogP contribution < -0.4 is 0 Å². The van der Waals surface area contributed by atoms with Crippen molar-refractivity contribution >= 4 is 41.2 Å². The van der Waals surface area contributed by atoms with Crippen molar-refractivity contribution in [3.63, 3.8) is 0 Å². The van der Waals surface area contributed by atoms with E-state index in [1.54, 1.807) is 0 Å². The minimum absolute atomic E-state index is 0.160. The van der Waals surface area contributed by atoms with Crippen LogP contribution in [-0.4, -0.2) is 19.4 Å². The highest BCUT2D eigenvalue weighted by Crippen LogP contribution is 2.06. The van der Waals surface area contributed by atoms with Crippen LogP contribution in [0.15, 0.2) is 12.4 Å². The first-order chi connectivity index (χ1) is 5.61. The van der Waals surface area contributed by atoms with Crippen molar-refractivity contribution in [3.05, 3.63) is 23.8 Å². The molecule has 0 radical (unpaired) electrons. The second-order valence-corrected chi connectivity index (χ2v) is 3.28. The van der Waals surface area contributed by atoms with Crippen molar-refractivity contribution in [1.29, 1.82) is 0 Å². The Morgan fingerprint density at radius 1 is 1.08 bits per heavy atom. The number of nitrogens with zero attached hydrogens (tertiary/aromatic N) is 2. The quantitative estimate of drug-likeness (QED) is 0.776. The van der Waals surface area contributed by atoms with Crippen molar-refractivity contribution in [2.24, 2.45) is 0 Å². The van der Waals surface area contributed by atoms with Gasteiger partial charge in [-0.3, -0.25) is 9.59 Å². The highest BCUT2D eigenvalue weighted by molar-refractivity contribution is 9.18. The zero-order valence-corrected chi connectivity index (χ0v) is 8.79. The van der Waals surface area contributed by atoms with E-state index < -0.39 is 0 Å². The van der Waals surface area contributed by atoms with E-state index >= 15 is 0 Å². The van der Waals surface area contributed by atoms with Gasteiger partial charge in [-0.25, -0.2) is 9.97 Å². The van der Waals surface area contributed by atoms with Gasteiger partial charge in [0.25, 0.3) is 0 Å². The molecular formula is C6H2Br2N2O2. The molecule has 0 aromatic carbocycles. The fraction of sp³-hybridized carbons (Fsp3) is 0. The van der Waals surface area contributed by atoms with Gasteiger partial charge in [0, 0.05) is 0 Å². The third kappa shape index (κ3) is 2.18. The fourth-order valence-corrected chi connectivity index (χ4v) is 1.01. The average molecular weight is 294 g/mol. The van der Waals surface area contributed by atoms with Gasteiger partial charge in [-0.1, -0.05) is 0 Å². The minimum atomic E-state index is -0.375. The maximum absolute atomic E-state index is 10.7. The Morgan fingerprint density at radius 3 is 1.83 bits per heavy atom. The second kappa shape index (κ2) is 3.86. The van der Waals surface area contributed by atoms with E-state index in [0.717, 1.165) is 6.33 Å². The molecule has 0 unspecified atom stereocenters. The normalized spacial score (nSPS) is 9.50. The van der Waals surface area contributed by atoms with E-state index in [1.807, 2.05) is 0 Å². The summed E-state index contributed by atoms with van der Waals surface area (Å²) in [5, 5.41) is 0. The zero-order chi connectivity index (χ0) is 9.14. The van der Waals surface area contributed by atoms with E-state index in [9.17, 15) is 9.59 Å². The summed E-state index contributed by atoms with van der Waals surface area (Å²) < 4.78 is -0.750. The Bertz CT molecular complexity index is 311. The summed E-state index contributed by atoms with van der Waals surface area (Å²) in [4.78, 5) is 28.7. The van der Waals surface area contributed by atoms with E-state index in [-0.39, 0.29) is 20.8 Å². The van der Waals surface area contributed by atoms with Gasteiger partial charge >= 0.3 is 0 Å². The lowest BCUT2D eigenvalue weighted by molar-refractivity contribution is 0.109. The van der Waals surface area contributed by atoms with Crippen molar-refractivity contribution < 1.29 is 9.59 Å². The Kier molecular flexibility index (Phi) is 3.05. The molecule has 1 aromatic rings. The molecule has 62 valence electrons. The molecule has 0 N–H and O–H groups in total. The molecule has 1 aromatic heterocycles. The highest BCUT2D eigenvalue weighted by Gasteiger charge is 2.07. The number of carbonyl (C=O) groups is 2. The summed E-state index contributed by atoms with van der Waals surface area (Å²) in [6.45, 7) is 0. The SMILES string of the molecule is O=C(Br)c1cc(C(=O)Br)ncn1. The lowest BCUT2D eigenvalue weighted by atomic mass is 10.3. The van der Waals surface area contributed by atoms with Gasteiger partial charge < -0.3 is 0 Å². The van der Waals surface area contributed by atoms with Crippen LogP contribution in [0.1, 0.15) is 21.0 Å². The summed E-state index contributed by atoms with van der Waals surface area (Å²) in [5.41, 5.74) is 0.320. The Labute approximate surface area is 84.7 Å². The molecule has 0 aliphatic heterocycles. The molecule has 0 aliphatic carbocycles. The first kappa shape index (κ1) is 9.47. The molecule has 4 nitrogen and oxygen atoms in total. The molecule has 0 saturated carbocycles. The number of hydrogen-bond acceptors (Lipinski definition) is 4. The van der Waals surface area contributed by atoms with Crippen molar-refractivity contribution in [3.8, 4) is 0 Å². The summed E-state index contributed by atoms with van der Waals surface area (Å²) in [6, 6.07) is 1.30. The first-order valence-corrected chi connectivity index (χ1v) is 4.41. The third-order valence-electron chi connectivity index (χ3n) is 1.07. The van der Waals surface area contributed by atoms with Crippen LogP contribution in [-0.2, 0) is 0 Å². The van der Waals surface area contributed by atoms with E-state index in [2.05, 4.69) is 41.8 Å². The Hall–Kier alpha value is -0.620. The van der Waals surface area contributed by atoms with E-state index in [4.69, 9.17) is 0 Å². The monoisotopic (exact) mass is 292 g/mol. The lowest BCUT2D eigenvalue weighted by Crippen LogP contribution is -2.00. The predicted molar refractivity (Wildman–Crippen MR) is 48.5 cm³/mol. The summed E-state index contributed by atoms with van der Waals surface area (Å²) in [6.07, 6.45) is 1.16. The highest BCUT2D eigenvalue weighted by atomic mass is 79.9. The average Bonchev–Trinajstić information content (AvgIpc) is 2.04. The van der Waals surface area contributed by atoms with E-state index in [1.165, 1.54) is 6.07 Å². The second-order valence-electron chi connectivity index (χ2n) is 1.84. The largest absolute Gasteiger partial charge is 0.279 e. The van der Waals surface area contributed by atoms with Gasteiger partial charge in [0.15, 0.2) is 0 Å². The number of aromatic nitrogens is 2. The number of carbonyl (C=O) groups excluding carboxylic acids is 2. The summed E-state index contributed by atoms with van der Waals surface area (Å²) in [5.74, 6) is 0. The molecule has 0 bridgehead atoms. The number of rotatable bonds is 2. The summed E-state index contributed by atoms with van der Waals surface area (Å²) >= 11 is 5.42. The van der Waals surface area contributed by atoms with Gasteiger partial charge in [0.2, 0.25) is 9.39 Å². The smallest absolute Gasteiger partial charge is 0.246 e. The molecule has 6 heteroatoms. The molecule has 0 saturated heterocycles. The summed E-state index contributed by atoms with van der Waals surface area (Å²) in [7, 11) is 0. The Morgan fingerprint density at radius 2 is 1.50 bits per heavy atom. The maximum Gasteiger partial charge on any atom is 0.246 e. The molecule has 0 fully saturated rings. The Balaban J connectivity index is 3.12.